The van der Waals surface area contributed by atoms with Gasteiger partial charge in [-0.1, -0.05) is 18.9 Å². The molecule has 5 heteroatoms. The summed E-state index contributed by atoms with van der Waals surface area (Å²) in [5.41, 5.74) is -0.301. The number of hydrogen-bond donors (Lipinski definition) is 2. The Hall–Kier alpha value is -0.970. The van der Waals surface area contributed by atoms with Crippen molar-refractivity contribution < 1.29 is 14.7 Å². The molecule has 1 saturated carbocycles. The average molecular weight is 285 g/mol. The predicted molar refractivity (Wildman–Crippen MR) is 78.3 cm³/mol. The van der Waals surface area contributed by atoms with Gasteiger partial charge in [0.25, 0.3) is 0 Å². The molecule has 0 unspecified atom stereocenters. The van der Waals surface area contributed by atoms with E-state index >= 15 is 0 Å². The number of carboxylic acids is 1. The first kappa shape index (κ1) is 16.1. The topological polar surface area (TPSA) is 66.4 Å². The van der Waals surface area contributed by atoms with E-state index in [1.165, 1.54) is 0 Å². The first-order valence-electron chi connectivity index (χ1n) is 6.75. The third kappa shape index (κ3) is 6.14. The first-order valence-corrected chi connectivity index (χ1v) is 7.91. The van der Waals surface area contributed by atoms with Crippen LogP contribution < -0.4 is 5.32 Å². The first-order chi connectivity index (χ1) is 9.08. The van der Waals surface area contributed by atoms with Gasteiger partial charge in [-0.2, -0.15) is 11.8 Å². The zero-order chi connectivity index (χ0) is 14.1. The Labute approximate surface area is 119 Å². The normalized spacial score (nSPS) is 17.1. The van der Waals surface area contributed by atoms with E-state index in [1.807, 2.05) is 6.08 Å². The molecule has 0 aromatic rings. The van der Waals surface area contributed by atoms with Crippen LogP contribution in [0.25, 0.3) is 0 Å². The van der Waals surface area contributed by atoms with Crippen LogP contribution in [0.3, 0.4) is 0 Å². The van der Waals surface area contributed by atoms with Crippen LogP contribution in [-0.2, 0) is 9.59 Å². The van der Waals surface area contributed by atoms with E-state index in [9.17, 15) is 9.59 Å². The molecule has 0 aromatic heterocycles. The molecule has 0 aliphatic heterocycles. The molecular formula is C14H23NO3S. The Kier molecular flexibility index (Phi) is 6.99. The third-order valence-corrected chi connectivity index (χ3v) is 4.49. The van der Waals surface area contributed by atoms with Crippen LogP contribution in [0.5, 0.6) is 0 Å². The summed E-state index contributed by atoms with van der Waals surface area (Å²) in [4.78, 5) is 22.8. The van der Waals surface area contributed by atoms with Gasteiger partial charge >= 0.3 is 5.97 Å². The van der Waals surface area contributed by atoms with Crippen molar-refractivity contribution in [3.8, 4) is 0 Å². The molecule has 108 valence electrons. The highest BCUT2D eigenvalue weighted by Gasteiger charge is 2.37. The Morgan fingerprint density at radius 3 is 2.58 bits per heavy atom. The van der Waals surface area contributed by atoms with Gasteiger partial charge in [0.15, 0.2) is 0 Å². The van der Waals surface area contributed by atoms with Crippen LogP contribution in [0.2, 0.25) is 0 Å². The van der Waals surface area contributed by atoms with Crippen LogP contribution in [0, 0.1) is 5.41 Å². The number of hydrogen-bond acceptors (Lipinski definition) is 3. The number of carbonyl (C=O) groups excluding carboxylic acids is 1. The lowest BCUT2D eigenvalue weighted by molar-refractivity contribution is -0.140. The van der Waals surface area contributed by atoms with E-state index < -0.39 is 5.97 Å². The van der Waals surface area contributed by atoms with Crippen LogP contribution in [-0.4, -0.2) is 35.0 Å². The lowest BCUT2D eigenvalue weighted by Crippen LogP contribution is -2.33. The summed E-state index contributed by atoms with van der Waals surface area (Å²) in [5.74, 6) is 0.946. The highest BCUT2D eigenvalue weighted by Crippen LogP contribution is 2.43. The summed E-state index contributed by atoms with van der Waals surface area (Å²) >= 11 is 1.72. The quantitative estimate of drug-likeness (QED) is 0.504. The molecular weight excluding hydrogens is 262 g/mol. The third-order valence-electron chi connectivity index (χ3n) is 3.53. The van der Waals surface area contributed by atoms with Crippen molar-refractivity contribution in [2.24, 2.45) is 5.41 Å². The van der Waals surface area contributed by atoms with Gasteiger partial charge in [0.1, 0.15) is 0 Å². The fraction of sp³-hybridized carbons (Fsp3) is 0.714. The second-order valence-electron chi connectivity index (χ2n) is 5.17. The number of nitrogens with one attached hydrogen (secondary N) is 1. The zero-order valence-corrected chi connectivity index (χ0v) is 12.1. The molecule has 0 bridgehead atoms. The SMILES string of the molecule is C=CCSCCNC(=O)CC1(CC(=O)O)CCCC1. The van der Waals surface area contributed by atoms with Gasteiger partial charge in [-0.05, 0) is 18.3 Å². The van der Waals surface area contributed by atoms with Gasteiger partial charge in [-0.15, -0.1) is 6.58 Å². The Morgan fingerprint density at radius 2 is 2.00 bits per heavy atom. The number of thioether (sulfide) groups is 1. The number of amides is 1. The molecule has 2 N–H and O–H groups in total. The van der Waals surface area contributed by atoms with E-state index in [0.717, 1.165) is 37.2 Å². The van der Waals surface area contributed by atoms with Gasteiger partial charge in [0.2, 0.25) is 5.91 Å². The van der Waals surface area contributed by atoms with Gasteiger partial charge in [-0.25, -0.2) is 0 Å². The number of aliphatic carboxylic acids is 1. The predicted octanol–water partition coefficient (Wildman–Crippen LogP) is 2.45. The Morgan fingerprint density at radius 1 is 1.32 bits per heavy atom. The van der Waals surface area contributed by atoms with Crippen LogP contribution >= 0.6 is 11.8 Å². The molecule has 1 amide bonds. The smallest absolute Gasteiger partial charge is 0.303 e. The van der Waals surface area contributed by atoms with E-state index in [2.05, 4.69) is 11.9 Å². The van der Waals surface area contributed by atoms with Crippen molar-refractivity contribution >= 4 is 23.6 Å². The van der Waals surface area contributed by atoms with Crippen molar-refractivity contribution in [3.63, 3.8) is 0 Å². The zero-order valence-electron chi connectivity index (χ0n) is 11.3. The number of carboxylic acid groups (broad SMARTS) is 1. The molecule has 0 radical (unpaired) electrons. The minimum Gasteiger partial charge on any atom is -0.481 e. The van der Waals surface area contributed by atoms with E-state index in [1.54, 1.807) is 11.8 Å². The molecule has 19 heavy (non-hydrogen) atoms. The van der Waals surface area contributed by atoms with Gasteiger partial charge in [-0.3, -0.25) is 9.59 Å². The second kappa shape index (κ2) is 8.25. The highest BCUT2D eigenvalue weighted by atomic mass is 32.2. The van der Waals surface area contributed by atoms with Crippen molar-refractivity contribution in [3.05, 3.63) is 12.7 Å². The van der Waals surface area contributed by atoms with Crippen molar-refractivity contribution in [1.29, 1.82) is 0 Å². The molecule has 0 spiro atoms. The van der Waals surface area contributed by atoms with Crippen LogP contribution in [0.1, 0.15) is 38.5 Å². The van der Waals surface area contributed by atoms with Gasteiger partial charge < -0.3 is 10.4 Å². The minimum absolute atomic E-state index is 0.0117. The van der Waals surface area contributed by atoms with Crippen molar-refractivity contribution in [1.82, 2.24) is 5.32 Å². The maximum atomic E-state index is 11.9. The highest BCUT2D eigenvalue weighted by molar-refractivity contribution is 7.99. The summed E-state index contributed by atoms with van der Waals surface area (Å²) in [5, 5.41) is 11.9. The average Bonchev–Trinajstić information content (AvgIpc) is 2.76. The molecule has 0 heterocycles. The summed E-state index contributed by atoms with van der Waals surface area (Å²) in [6.07, 6.45) is 6.10. The summed E-state index contributed by atoms with van der Waals surface area (Å²) in [7, 11) is 0. The van der Waals surface area contributed by atoms with Crippen LogP contribution in [0.4, 0.5) is 0 Å². The monoisotopic (exact) mass is 285 g/mol. The van der Waals surface area contributed by atoms with Crippen molar-refractivity contribution in [2.75, 3.05) is 18.1 Å². The van der Waals surface area contributed by atoms with Gasteiger partial charge in [0, 0.05) is 24.5 Å². The Bertz CT molecular complexity index is 325. The largest absolute Gasteiger partial charge is 0.481 e. The van der Waals surface area contributed by atoms with E-state index in [4.69, 9.17) is 5.11 Å². The molecule has 0 atom stereocenters. The second-order valence-corrected chi connectivity index (χ2v) is 6.32. The maximum absolute atomic E-state index is 11.9. The van der Waals surface area contributed by atoms with E-state index in [0.29, 0.717) is 13.0 Å². The fourth-order valence-electron chi connectivity index (χ4n) is 2.69. The van der Waals surface area contributed by atoms with E-state index in [-0.39, 0.29) is 17.7 Å². The molecule has 1 aliphatic rings. The van der Waals surface area contributed by atoms with Crippen LogP contribution in [0.15, 0.2) is 12.7 Å². The molecule has 0 aromatic carbocycles. The number of rotatable bonds is 9. The molecule has 1 fully saturated rings. The Balaban J connectivity index is 2.31. The fourth-order valence-corrected chi connectivity index (χ4v) is 3.27. The standard InChI is InChI=1S/C14H23NO3S/c1-2-8-19-9-7-15-12(16)10-14(11-13(17)18)5-3-4-6-14/h2H,1,3-11H2,(H,15,16)(H,17,18). The molecule has 1 rings (SSSR count). The summed E-state index contributed by atoms with van der Waals surface area (Å²) < 4.78 is 0. The summed E-state index contributed by atoms with van der Waals surface area (Å²) in [6.45, 7) is 4.27. The van der Waals surface area contributed by atoms with Gasteiger partial charge in [0.05, 0.1) is 6.42 Å². The maximum Gasteiger partial charge on any atom is 0.303 e. The summed E-state index contributed by atoms with van der Waals surface area (Å²) in [6, 6.07) is 0. The lowest BCUT2D eigenvalue weighted by atomic mass is 9.79. The molecule has 4 nitrogen and oxygen atoms in total. The van der Waals surface area contributed by atoms with Crippen molar-refractivity contribution in [2.45, 2.75) is 38.5 Å². The number of carbonyl (C=O) groups is 2. The minimum atomic E-state index is -0.795. The molecule has 0 saturated heterocycles. The molecule has 1 aliphatic carbocycles. The lowest BCUT2D eigenvalue weighted by Gasteiger charge is -2.26.